The minimum atomic E-state index is 0. The summed E-state index contributed by atoms with van der Waals surface area (Å²) in [6.45, 7) is 3.10. The Bertz CT molecular complexity index is 533. The summed E-state index contributed by atoms with van der Waals surface area (Å²) in [4.78, 5) is 1.61. The number of aromatic nitrogens is 4. The Morgan fingerprint density at radius 3 is 2.95 bits per heavy atom. The lowest BCUT2D eigenvalue weighted by Crippen LogP contribution is -2.27. The maximum atomic E-state index is 4.48. The van der Waals surface area contributed by atoms with Crippen molar-refractivity contribution in [2.24, 2.45) is 0 Å². The molecule has 1 fully saturated rings. The van der Waals surface area contributed by atoms with Gasteiger partial charge < -0.3 is 5.32 Å². The maximum Gasteiger partial charge on any atom is 0.192 e. The molecule has 1 aliphatic rings. The summed E-state index contributed by atoms with van der Waals surface area (Å²) in [6, 6.07) is 8.38. The molecule has 2 aromatic rings. The Hall–Kier alpha value is -1.46. The zero-order valence-corrected chi connectivity index (χ0v) is 11.7. The van der Waals surface area contributed by atoms with Gasteiger partial charge in [-0.05, 0) is 49.2 Å². The second-order valence-corrected chi connectivity index (χ2v) is 4.78. The Labute approximate surface area is 118 Å². The number of benzene rings is 1. The fourth-order valence-corrected chi connectivity index (χ4v) is 2.30. The van der Waals surface area contributed by atoms with Crippen LogP contribution in [0.2, 0.25) is 0 Å². The van der Waals surface area contributed by atoms with Gasteiger partial charge in [0.25, 0.3) is 0 Å². The summed E-state index contributed by atoms with van der Waals surface area (Å²) in [5.74, 6) is 0.802. The molecule has 1 unspecified atom stereocenters. The molecule has 102 valence electrons. The predicted molar refractivity (Wildman–Crippen MR) is 75.7 cm³/mol. The van der Waals surface area contributed by atoms with Gasteiger partial charge in [-0.1, -0.05) is 18.6 Å². The number of piperidine rings is 1. The number of hydrogen-bond donors (Lipinski definition) is 1. The van der Waals surface area contributed by atoms with Gasteiger partial charge in [0.1, 0.15) is 0 Å². The molecule has 0 bridgehead atoms. The van der Waals surface area contributed by atoms with Crippen molar-refractivity contribution < 1.29 is 0 Å². The van der Waals surface area contributed by atoms with Crippen molar-refractivity contribution in [3.05, 3.63) is 35.7 Å². The van der Waals surface area contributed by atoms with Crippen molar-refractivity contribution in [1.82, 2.24) is 25.5 Å². The van der Waals surface area contributed by atoms with Crippen molar-refractivity contribution in [1.29, 1.82) is 0 Å². The van der Waals surface area contributed by atoms with Gasteiger partial charge in [-0.2, -0.15) is 0 Å². The third-order valence-electron chi connectivity index (χ3n) is 3.28. The second-order valence-electron chi connectivity index (χ2n) is 4.78. The van der Waals surface area contributed by atoms with Crippen LogP contribution < -0.4 is 5.32 Å². The van der Waals surface area contributed by atoms with Crippen LogP contribution in [-0.4, -0.2) is 26.8 Å². The van der Waals surface area contributed by atoms with E-state index in [-0.39, 0.29) is 18.4 Å². The van der Waals surface area contributed by atoms with Gasteiger partial charge in [-0.3, -0.25) is 0 Å². The molecule has 1 aromatic carbocycles. The standard InChI is InChI=1S/C13H17N5.ClH/c1-10-5-4-6-11(9-10)18-16-13(15-17-18)12-7-2-3-8-14-12;/h4-6,9,12,14H,2-3,7-8H2,1H3;1H. The van der Waals surface area contributed by atoms with Crippen LogP contribution in [0.5, 0.6) is 0 Å². The van der Waals surface area contributed by atoms with Crippen molar-refractivity contribution in [2.75, 3.05) is 6.54 Å². The number of nitrogens with one attached hydrogen (secondary N) is 1. The van der Waals surface area contributed by atoms with Crippen LogP contribution in [0.1, 0.15) is 36.7 Å². The Morgan fingerprint density at radius 1 is 1.32 bits per heavy atom. The third-order valence-corrected chi connectivity index (χ3v) is 3.28. The smallest absolute Gasteiger partial charge is 0.192 e. The highest BCUT2D eigenvalue weighted by molar-refractivity contribution is 5.85. The van der Waals surface area contributed by atoms with Crippen molar-refractivity contribution >= 4 is 12.4 Å². The van der Waals surface area contributed by atoms with Crippen molar-refractivity contribution in [2.45, 2.75) is 32.2 Å². The second kappa shape index (κ2) is 6.12. The average Bonchev–Trinajstić information content (AvgIpc) is 2.89. The lowest BCUT2D eigenvalue weighted by atomic mass is 10.1. The molecule has 0 radical (unpaired) electrons. The highest BCUT2D eigenvalue weighted by Gasteiger charge is 2.19. The predicted octanol–water partition coefficient (Wildman–Crippen LogP) is 2.21. The largest absolute Gasteiger partial charge is 0.307 e. The zero-order valence-electron chi connectivity index (χ0n) is 10.9. The molecule has 19 heavy (non-hydrogen) atoms. The quantitative estimate of drug-likeness (QED) is 0.916. The van der Waals surface area contributed by atoms with E-state index in [1.807, 2.05) is 12.1 Å². The molecule has 0 saturated carbocycles. The fourth-order valence-electron chi connectivity index (χ4n) is 2.30. The average molecular weight is 280 g/mol. The molecule has 3 rings (SSSR count). The highest BCUT2D eigenvalue weighted by atomic mass is 35.5. The molecule has 5 nitrogen and oxygen atoms in total. The summed E-state index contributed by atoms with van der Waals surface area (Å²) >= 11 is 0. The molecule has 6 heteroatoms. The van der Waals surface area contributed by atoms with Crippen molar-refractivity contribution in [3.8, 4) is 5.69 Å². The van der Waals surface area contributed by atoms with E-state index in [1.54, 1.807) is 4.80 Å². The van der Waals surface area contributed by atoms with E-state index >= 15 is 0 Å². The van der Waals surface area contributed by atoms with Crippen LogP contribution in [0.3, 0.4) is 0 Å². The monoisotopic (exact) mass is 279 g/mol. The van der Waals surface area contributed by atoms with Crippen LogP contribution in [0.4, 0.5) is 0 Å². The van der Waals surface area contributed by atoms with E-state index in [2.05, 4.69) is 39.8 Å². The fraction of sp³-hybridized carbons (Fsp3) is 0.462. The van der Waals surface area contributed by atoms with Crippen LogP contribution in [0.25, 0.3) is 5.69 Å². The minimum absolute atomic E-state index is 0. The number of aryl methyl sites for hydroxylation is 1. The molecule has 1 saturated heterocycles. The molecular weight excluding hydrogens is 262 g/mol. The number of halogens is 1. The molecule has 2 heterocycles. The van der Waals surface area contributed by atoms with Crippen LogP contribution in [0.15, 0.2) is 24.3 Å². The third kappa shape index (κ3) is 3.11. The Kier molecular flexibility index (Phi) is 4.50. The Balaban J connectivity index is 0.00000133. The topological polar surface area (TPSA) is 55.6 Å². The van der Waals surface area contributed by atoms with E-state index < -0.39 is 0 Å². The van der Waals surface area contributed by atoms with E-state index in [0.29, 0.717) is 0 Å². The molecule has 1 N–H and O–H groups in total. The highest BCUT2D eigenvalue weighted by Crippen LogP contribution is 2.19. The minimum Gasteiger partial charge on any atom is -0.307 e. The summed E-state index contributed by atoms with van der Waals surface area (Å²) < 4.78 is 0. The van der Waals surface area contributed by atoms with Gasteiger partial charge in [-0.25, -0.2) is 0 Å². The van der Waals surface area contributed by atoms with Gasteiger partial charge in [0, 0.05) is 0 Å². The SMILES string of the molecule is Cc1cccc(-n2nnc(C3CCCCN3)n2)c1.Cl. The molecule has 1 aliphatic heterocycles. The van der Waals surface area contributed by atoms with Crippen LogP contribution in [-0.2, 0) is 0 Å². The summed E-state index contributed by atoms with van der Waals surface area (Å²) in [5.41, 5.74) is 2.16. The first kappa shape index (κ1) is 14.0. The van der Waals surface area contributed by atoms with Gasteiger partial charge in [0.15, 0.2) is 5.82 Å². The van der Waals surface area contributed by atoms with E-state index in [0.717, 1.165) is 24.5 Å². The first-order valence-electron chi connectivity index (χ1n) is 6.43. The first-order valence-corrected chi connectivity index (χ1v) is 6.43. The van der Waals surface area contributed by atoms with Gasteiger partial charge >= 0.3 is 0 Å². The van der Waals surface area contributed by atoms with Gasteiger partial charge in [0.2, 0.25) is 0 Å². The van der Waals surface area contributed by atoms with Crippen molar-refractivity contribution in [3.63, 3.8) is 0 Å². The van der Waals surface area contributed by atoms with E-state index in [9.17, 15) is 0 Å². The lowest BCUT2D eigenvalue weighted by molar-refractivity contribution is 0.397. The summed E-state index contributed by atoms with van der Waals surface area (Å²) in [7, 11) is 0. The molecule has 1 aromatic heterocycles. The van der Waals surface area contributed by atoms with E-state index in [4.69, 9.17) is 0 Å². The molecule has 0 aliphatic carbocycles. The van der Waals surface area contributed by atoms with Crippen LogP contribution >= 0.6 is 12.4 Å². The van der Waals surface area contributed by atoms with Crippen LogP contribution in [0, 0.1) is 6.92 Å². The first-order chi connectivity index (χ1) is 8.83. The molecule has 1 atom stereocenters. The zero-order chi connectivity index (χ0) is 12.4. The molecule has 0 amide bonds. The van der Waals surface area contributed by atoms with Gasteiger partial charge in [-0.15, -0.1) is 27.4 Å². The lowest BCUT2D eigenvalue weighted by Gasteiger charge is -2.19. The maximum absolute atomic E-state index is 4.48. The normalized spacial score (nSPS) is 18.9. The summed E-state index contributed by atoms with van der Waals surface area (Å²) in [6.07, 6.45) is 3.57. The van der Waals surface area contributed by atoms with Gasteiger partial charge in [0.05, 0.1) is 11.7 Å². The summed E-state index contributed by atoms with van der Waals surface area (Å²) in [5, 5.41) is 16.2. The molecule has 0 spiro atoms. The molecular formula is C13H18ClN5. The number of rotatable bonds is 2. The number of tetrazole rings is 1. The van der Waals surface area contributed by atoms with E-state index in [1.165, 1.54) is 18.4 Å². The Morgan fingerprint density at radius 2 is 2.21 bits per heavy atom. The number of nitrogens with zero attached hydrogens (tertiary/aromatic N) is 4. The number of hydrogen-bond acceptors (Lipinski definition) is 4.